The quantitative estimate of drug-likeness (QED) is 0.704. The van der Waals surface area contributed by atoms with E-state index in [0.717, 1.165) is 0 Å². The van der Waals surface area contributed by atoms with E-state index in [0.29, 0.717) is 19.7 Å². The highest BCUT2D eigenvalue weighted by Gasteiger charge is 2.14. The predicted molar refractivity (Wildman–Crippen MR) is 61.1 cm³/mol. The van der Waals surface area contributed by atoms with Gasteiger partial charge in [-0.2, -0.15) is 0 Å². The smallest absolute Gasteiger partial charge is 0.358 e. The summed E-state index contributed by atoms with van der Waals surface area (Å²) in [4.78, 5) is 24.1. The van der Waals surface area contributed by atoms with Crippen LogP contribution in [0.1, 0.15) is 17.4 Å². The van der Waals surface area contributed by atoms with Crippen LogP contribution < -0.4 is 0 Å². The number of hydrogen-bond donors (Lipinski definition) is 1. The van der Waals surface area contributed by atoms with Gasteiger partial charge in [-0.3, -0.25) is 4.79 Å². The Kier molecular flexibility index (Phi) is 5.25. The second-order valence-electron chi connectivity index (χ2n) is 3.57. The van der Waals surface area contributed by atoms with Crippen LogP contribution in [0.5, 0.6) is 0 Å². The molecule has 0 fully saturated rings. The van der Waals surface area contributed by atoms with Crippen molar-refractivity contribution in [2.75, 3.05) is 26.8 Å². The molecule has 0 atom stereocenters. The number of methoxy groups -OCH3 is 1. The molecule has 0 bridgehead atoms. The number of carbonyl (C=O) groups is 2. The number of carboxylic acids is 1. The number of ether oxygens (including phenoxy) is 1. The standard InChI is InChI=1S/C10H16N4O4/c1-3-13(4-5-18-2)9(15)7-14-6-8(10(16)17)11-12-14/h6H,3-5,7H2,1-2H3,(H,16,17). The normalized spacial score (nSPS) is 10.3. The van der Waals surface area contributed by atoms with E-state index < -0.39 is 5.97 Å². The van der Waals surface area contributed by atoms with Gasteiger partial charge in [-0.25, -0.2) is 9.48 Å². The van der Waals surface area contributed by atoms with E-state index >= 15 is 0 Å². The second kappa shape index (κ2) is 6.70. The maximum atomic E-state index is 11.9. The lowest BCUT2D eigenvalue weighted by Crippen LogP contribution is -2.36. The predicted octanol–water partition coefficient (Wildman–Crippen LogP) is -0.529. The lowest BCUT2D eigenvalue weighted by atomic mass is 10.4. The number of amides is 1. The minimum absolute atomic E-state index is 0.0299. The maximum absolute atomic E-state index is 11.9. The zero-order chi connectivity index (χ0) is 13.5. The summed E-state index contributed by atoms with van der Waals surface area (Å²) in [6.07, 6.45) is 1.23. The van der Waals surface area contributed by atoms with Crippen molar-refractivity contribution in [2.24, 2.45) is 0 Å². The molecule has 0 saturated heterocycles. The van der Waals surface area contributed by atoms with Crippen LogP contribution in [0.3, 0.4) is 0 Å². The molecule has 1 N–H and O–H groups in total. The van der Waals surface area contributed by atoms with Crippen molar-refractivity contribution in [1.82, 2.24) is 19.9 Å². The monoisotopic (exact) mass is 256 g/mol. The van der Waals surface area contributed by atoms with Crippen molar-refractivity contribution in [2.45, 2.75) is 13.5 Å². The van der Waals surface area contributed by atoms with Gasteiger partial charge < -0.3 is 14.7 Å². The fraction of sp³-hybridized carbons (Fsp3) is 0.600. The molecule has 1 heterocycles. The largest absolute Gasteiger partial charge is 0.476 e. The average molecular weight is 256 g/mol. The Labute approximate surface area is 104 Å². The van der Waals surface area contributed by atoms with Gasteiger partial charge >= 0.3 is 5.97 Å². The number of carboxylic acid groups (broad SMARTS) is 1. The first kappa shape index (κ1) is 14.1. The Morgan fingerprint density at radius 3 is 2.78 bits per heavy atom. The van der Waals surface area contributed by atoms with Gasteiger partial charge in [0, 0.05) is 20.2 Å². The highest BCUT2D eigenvalue weighted by atomic mass is 16.5. The molecule has 8 heteroatoms. The SMILES string of the molecule is CCN(CCOC)C(=O)Cn1cc(C(=O)O)nn1. The highest BCUT2D eigenvalue weighted by Crippen LogP contribution is 1.96. The van der Waals surface area contributed by atoms with E-state index in [1.807, 2.05) is 6.92 Å². The molecule has 0 unspecified atom stereocenters. The lowest BCUT2D eigenvalue weighted by molar-refractivity contribution is -0.132. The molecular weight excluding hydrogens is 240 g/mol. The molecule has 100 valence electrons. The summed E-state index contributed by atoms with van der Waals surface area (Å²) in [6, 6.07) is 0. The molecule has 1 aromatic heterocycles. The van der Waals surface area contributed by atoms with E-state index in [1.54, 1.807) is 12.0 Å². The van der Waals surface area contributed by atoms with Crippen molar-refractivity contribution in [3.8, 4) is 0 Å². The molecule has 0 aliphatic heterocycles. The molecule has 1 amide bonds. The summed E-state index contributed by atoms with van der Waals surface area (Å²) >= 11 is 0. The van der Waals surface area contributed by atoms with Crippen LogP contribution in [-0.4, -0.2) is 63.7 Å². The summed E-state index contributed by atoms with van der Waals surface area (Å²) in [5.74, 6) is -1.32. The minimum atomic E-state index is -1.17. The third-order valence-electron chi connectivity index (χ3n) is 2.35. The third kappa shape index (κ3) is 3.81. The lowest BCUT2D eigenvalue weighted by Gasteiger charge is -2.20. The number of likely N-dealkylation sites (N-methyl/N-ethyl adjacent to an activating group) is 1. The Morgan fingerprint density at radius 1 is 1.56 bits per heavy atom. The number of aromatic nitrogens is 3. The van der Waals surface area contributed by atoms with E-state index in [1.165, 1.54) is 10.9 Å². The van der Waals surface area contributed by atoms with E-state index in [9.17, 15) is 9.59 Å². The minimum Gasteiger partial charge on any atom is -0.476 e. The van der Waals surface area contributed by atoms with Crippen LogP contribution >= 0.6 is 0 Å². The van der Waals surface area contributed by atoms with Gasteiger partial charge in [-0.1, -0.05) is 5.21 Å². The first-order chi connectivity index (χ1) is 8.58. The molecule has 18 heavy (non-hydrogen) atoms. The molecular formula is C10H16N4O4. The molecule has 1 aromatic rings. The maximum Gasteiger partial charge on any atom is 0.358 e. The molecule has 0 radical (unpaired) electrons. The van der Waals surface area contributed by atoms with Crippen LogP contribution in [0.25, 0.3) is 0 Å². The van der Waals surface area contributed by atoms with Crippen LogP contribution in [0, 0.1) is 0 Å². The van der Waals surface area contributed by atoms with Gasteiger partial charge in [0.15, 0.2) is 5.69 Å². The second-order valence-corrected chi connectivity index (χ2v) is 3.57. The van der Waals surface area contributed by atoms with Crippen LogP contribution in [0.15, 0.2) is 6.20 Å². The van der Waals surface area contributed by atoms with Crippen molar-refractivity contribution < 1.29 is 19.4 Å². The molecule has 8 nitrogen and oxygen atoms in total. The number of rotatable bonds is 7. The van der Waals surface area contributed by atoms with Crippen molar-refractivity contribution in [3.05, 3.63) is 11.9 Å². The first-order valence-corrected chi connectivity index (χ1v) is 5.48. The zero-order valence-corrected chi connectivity index (χ0v) is 10.4. The van der Waals surface area contributed by atoms with Crippen LogP contribution in [0.2, 0.25) is 0 Å². The highest BCUT2D eigenvalue weighted by molar-refractivity contribution is 5.84. The van der Waals surface area contributed by atoms with Gasteiger partial charge in [-0.05, 0) is 6.92 Å². The molecule has 0 spiro atoms. The summed E-state index contributed by atoms with van der Waals surface area (Å²) in [6.45, 7) is 3.34. The number of carbonyl (C=O) groups excluding carboxylic acids is 1. The summed E-state index contributed by atoms with van der Waals surface area (Å²) in [5, 5.41) is 15.7. The molecule has 0 aromatic carbocycles. The Morgan fingerprint density at radius 2 is 2.28 bits per heavy atom. The summed E-state index contributed by atoms with van der Waals surface area (Å²) in [5.41, 5.74) is -0.178. The Balaban J connectivity index is 2.58. The summed E-state index contributed by atoms with van der Waals surface area (Å²) in [7, 11) is 1.56. The fourth-order valence-electron chi connectivity index (χ4n) is 1.37. The Bertz CT molecular complexity index is 418. The number of aromatic carboxylic acids is 1. The van der Waals surface area contributed by atoms with Gasteiger partial charge in [0.1, 0.15) is 6.54 Å². The van der Waals surface area contributed by atoms with Crippen molar-refractivity contribution in [3.63, 3.8) is 0 Å². The van der Waals surface area contributed by atoms with Gasteiger partial charge in [0.25, 0.3) is 0 Å². The fourth-order valence-corrected chi connectivity index (χ4v) is 1.37. The van der Waals surface area contributed by atoms with Gasteiger partial charge in [0.05, 0.1) is 12.8 Å². The van der Waals surface area contributed by atoms with E-state index in [4.69, 9.17) is 9.84 Å². The number of nitrogens with zero attached hydrogens (tertiary/aromatic N) is 4. The number of hydrogen-bond acceptors (Lipinski definition) is 5. The topological polar surface area (TPSA) is 97.5 Å². The Hall–Kier alpha value is -1.96. The van der Waals surface area contributed by atoms with Crippen LogP contribution in [-0.2, 0) is 16.1 Å². The van der Waals surface area contributed by atoms with Gasteiger partial charge in [0.2, 0.25) is 5.91 Å². The third-order valence-corrected chi connectivity index (χ3v) is 2.35. The van der Waals surface area contributed by atoms with Crippen molar-refractivity contribution in [1.29, 1.82) is 0 Å². The molecule has 0 aliphatic rings. The first-order valence-electron chi connectivity index (χ1n) is 5.48. The average Bonchev–Trinajstić information content (AvgIpc) is 2.78. The van der Waals surface area contributed by atoms with E-state index in [2.05, 4.69) is 10.3 Å². The zero-order valence-electron chi connectivity index (χ0n) is 10.4. The van der Waals surface area contributed by atoms with E-state index in [-0.39, 0.29) is 18.1 Å². The molecule has 0 aliphatic carbocycles. The molecule has 1 rings (SSSR count). The van der Waals surface area contributed by atoms with Crippen LogP contribution in [0.4, 0.5) is 0 Å². The van der Waals surface area contributed by atoms with Crippen molar-refractivity contribution >= 4 is 11.9 Å². The van der Waals surface area contributed by atoms with Gasteiger partial charge in [-0.15, -0.1) is 5.10 Å². The molecule has 0 saturated carbocycles. The summed E-state index contributed by atoms with van der Waals surface area (Å²) < 4.78 is 6.11.